The fraction of sp³-hybridized carbons (Fsp3) is 0. The minimum Gasteiger partial charge on any atom is -0.507 e. The molecule has 0 fully saturated rings. The maximum absolute atomic E-state index is 9.84. The number of aromatic nitrogens is 4. The number of phenolic OH excluding ortho intramolecular Hbond substituents is 1. The minimum atomic E-state index is 0.130. The van der Waals surface area contributed by atoms with Gasteiger partial charge in [0.1, 0.15) is 5.75 Å². The Kier molecular flexibility index (Phi) is 4.12. The first-order valence-electron chi connectivity index (χ1n) is 6.26. The summed E-state index contributed by atoms with van der Waals surface area (Å²) in [6.45, 7) is 0. The summed E-state index contributed by atoms with van der Waals surface area (Å²) in [5.74, 6) is 0.675. The first-order chi connectivity index (χ1) is 10.6. The Morgan fingerprint density at radius 1 is 1.36 bits per heavy atom. The Morgan fingerprint density at radius 2 is 2.23 bits per heavy atom. The molecule has 8 heteroatoms. The van der Waals surface area contributed by atoms with Crippen molar-refractivity contribution in [2.45, 2.75) is 0 Å². The van der Waals surface area contributed by atoms with Crippen LogP contribution in [0.4, 0.5) is 0 Å². The summed E-state index contributed by atoms with van der Waals surface area (Å²) in [5, 5.41) is 21.0. The highest BCUT2D eigenvalue weighted by molar-refractivity contribution is 9.10. The smallest absolute Gasteiger partial charge is 0.216 e. The lowest BCUT2D eigenvalue weighted by atomic mass is 10.2. The van der Waals surface area contributed by atoms with Crippen LogP contribution in [0.25, 0.3) is 11.4 Å². The zero-order chi connectivity index (χ0) is 15.5. The fourth-order valence-electron chi connectivity index (χ4n) is 1.83. The standard InChI is InChI=1S/C14H10BrN5OS/c15-11-3-4-12(21)10(6-11)8-17-20-13(18-19-14(20)22)9-2-1-5-16-7-9/h1-8,21H,(H,19,22)/b17-8-. The molecule has 3 rings (SSSR count). The van der Waals surface area contributed by atoms with E-state index in [9.17, 15) is 5.11 Å². The van der Waals surface area contributed by atoms with Crippen molar-refractivity contribution in [3.63, 3.8) is 0 Å². The van der Waals surface area contributed by atoms with Crippen molar-refractivity contribution >= 4 is 34.4 Å². The zero-order valence-electron chi connectivity index (χ0n) is 11.1. The average molecular weight is 376 g/mol. The highest BCUT2D eigenvalue weighted by Gasteiger charge is 2.08. The van der Waals surface area contributed by atoms with E-state index in [2.05, 4.69) is 36.2 Å². The molecular formula is C14H10BrN5OS. The van der Waals surface area contributed by atoms with Gasteiger partial charge in [0.05, 0.1) is 6.21 Å². The molecule has 0 spiro atoms. The predicted molar refractivity (Wildman–Crippen MR) is 89.4 cm³/mol. The third-order valence-electron chi connectivity index (χ3n) is 2.87. The molecule has 3 aromatic rings. The number of nitrogens with zero attached hydrogens (tertiary/aromatic N) is 4. The molecule has 0 saturated carbocycles. The zero-order valence-corrected chi connectivity index (χ0v) is 13.5. The van der Waals surface area contributed by atoms with Crippen LogP contribution in [-0.4, -0.2) is 31.2 Å². The van der Waals surface area contributed by atoms with Crippen LogP contribution in [0.1, 0.15) is 5.56 Å². The van der Waals surface area contributed by atoms with Crippen LogP contribution >= 0.6 is 28.1 Å². The molecule has 110 valence electrons. The van der Waals surface area contributed by atoms with Gasteiger partial charge < -0.3 is 5.11 Å². The van der Waals surface area contributed by atoms with Gasteiger partial charge in [0, 0.05) is 28.0 Å². The van der Waals surface area contributed by atoms with E-state index in [1.54, 1.807) is 36.7 Å². The molecule has 2 aromatic heterocycles. The van der Waals surface area contributed by atoms with Gasteiger partial charge in [0.15, 0.2) is 5.82 Å². The monoisotopic (exact) mass is 375 g/mol. The molecule has 0 aliphatic rings. The third kappa shape index (κ3) is 2.97. The van der Waals surface area contributed by atoms with E-state index in [-0.39, 0.29) is 5.75 Å². The highest BCUT2D eigenvalue weighted by Crippen LogP contribution is 2.21. The van der Waals surface area contributed by atoms with Gasteiger partial charge in [-0.2, -0.15) is 14.9 Å². The van der Waals surface area contributed by atoms with Gasteiger partial charge in [0.2, 0.25) is 4.77 Å². The van der Waals surface area contributed by atoms with Crippen LogP contribution in [0.2, 0.25) is 0 Å². The van der Waals surface area contributed by atoms with Crippen LogP contribution in [0.5, 0.6) is 5.75 Å². The lowest BCUT2D eigenvalue weighted by Gasteiger charge is -2.01. The van der Waals surface area contributed by atoms with Gasteiger partial charge in [-0.3, -0.25) is 4.98 Å². The van der Waals surface area contributed by atoms with E-state index in [0.29, 0.717) is 16.2 Å². The molecule has 2 N–H and O–H groups in total. The van der Waals surface area contributed by atoms with E-state index in [1.165, 1.54) is 10.9 Å². The Hall–Kier alpha value is -2.32. The maximum Gasteiger partial charge on any atom is 0.216 e. The number of halogens is 1. The Morgan fingerprint density at radius 3 is 3.00 bits per heavy atom. The molecule has 0 unspecified atom stereocenters. The molecule has 0 saturated heterocycles. The van der Waals surface area contributed by atoms with Crippen molar-refractivity contribution in [1.29, 1.82) is 0 Å². The summed E-state index contributed by atoms with van der Waals surface area (Å²) in [4.78, 5) is 4.06. The number of aromatic hydroxyl groups is 1. The average Bonchev–Trinajstić information content (AvgIpc) is 2.90. The second-order valence-corrected chi connectivity index (χ2v) is 5.66. The number of hydrogen-bond donors (Lipinski definition) is 2. The number of pyridine rings is 1. The second-order valence-electron chi connectivity index (χ2n) is 4.35. The van der Waals surface area contributed by atoms with Gasteiger partial charge in [-0.15, -0.1) is 0 Å². The van der Waals surface area contributed by atoms with Gasteiger partial charge in [-0.25, -0.2) is 5.10 Å². The van der Waals surface area contributed by atoms with E-state index in [1.807, 2.05) is 6.07 Å². The molecule has 0 amide bonds. The summed E-state index contributed by atoms with van der Waals surface area (Å²) in [6.07, 6.45) is 4.87. The molecule has 1 aromatic carbocycles. The van der Waals surface area contributed by atoms with Crippen LogP contribution in [0.15, 0.2) is 52.3 Å². The van der Waals surface area contributed by atoms with Crippen molar-refractivity contribution in [2.75, 3.05) is 0 Å². The number of H-pyrrole nitrogens is 1. The summed E-state index contributed by atoms with van der Waals surface area (Å²) >= 11 is 8.54. The molecule has 0 radical (unpaired) electrons. The normalized spacial score (nSPS) is 11.1. The van der Waals surface area contributed by atoms with E-state index >= 15 is 0 Å². The van der Waals surface area contributed by atoms with Crippen LogP contribution < -0.4 is 0 Å². The maximum atomic E-state index is 9.84. The third-order valence-corrected chi connectivity index (χ3v) is 3.63. The highest BCUT2D eigenvalue weighted by atomic mass is 79.9. The van der Waals surface area contributed by atoms with E-state index in [4.69, 9.17) is 12.2 Å². The molecule has 0 bridgehead atoms. The number of phenols is 1. The Bertz CT molecular complexity index is 888. The summed E-state index contributed by atoms with van der Waals surface area (Å²) < 4.78 is 2.67. The van der Waals surface area contributed by atoms with Gasteiger partial charge in [0.25, 0.3) is 0 Å². The number of hydrogen-bond acceptors (Lipinski definition) is 5. The van der Waals surface area contributed by atoms with Crippen molar-refractivity contribution in [1.82, 2.24) is 19.9 Å². The number of nitrogens with one attached hydrogen (secondary N) is 1. The topological polar surface area (TPSA) is 79.1 Å². The molecule has 22 heavy (non-hydrogen) atoms. The lowest BCUT2D eigenvalue weighted by Crippen LogP contribution is -1.95. The van der Waals surface area contributed by atoms with Crippen LogP contribution in [-0.2, 0) is 0 Å². The van der Waals surface area contributed by atoms with Crippen LogP contribution in [0.3, 0.4) is 0 Å². The fourth-order valence-corrected chi connectivity index (χ4v) is 2.39. The number of rotatable bonds is 3. The Labute approximate surface area is 139 Å². The first kappa shape index (κ1) is 14.6. The number of benzene rings is 1. The predicted octanol–water partition coefficient (Wildman–Crippen LogP) is 3.35. The summed E-state index contributed by atoms with van der Waals surface area (Å²) in [6, 6.07) is 8.76. The van der Waals surface area contributed by atoms with Crippen molar-refractivity contribution in [3.8, 4) is 17.1 Å². The number of aromatic amines is 1. The van der Waals surface area contributed by atoms with Crippen molar-refractivity contribution in [2.24, 2.45) is 5.10 Å². The lowest BCUT2D eigenvalue weighted by molar-refractivity contribution is 0.474. The first-order valence-corrected chi connectivity index (χ1v) is 7.46. The molecule has 2 heterocycles. The molecule has 0 aliphatic heterocycles. The molecular weight excluding hydrogens is 366 g/mol. The van der Waals surface area contributed by atoms with Crippen molar-refractivity contribution < 1.29 is 5.11 Å². The van der Waals surface area contributed by atoms with Crippen molar-refractivity contribution in [3.05, 3.63) is 57.5 Å². The summed E-state index contributed by atoms with van der Waals surface area (Å²) in [7, 11) is 0. The summed E-state index contributed by atoms with van der Waals surface area (Å²) in [5.41, 5.74) is 1.35. The second kappa shape index (κ2) is 6.20. The van der Waals surface area contributed by atoms with Gasteiger partial charge >= 0.3 is 0 Å². The minimum absolute atomic E-state index is 0.130. The molecule has 6 nitrogen and oxygen atoms in total. The largest absolute Gasteiger partial charge is 0.507 e. The molecule has 0 atom stereocenters. The van der Waals surface area contributed by atoms with Gasteiger partial charge in [-0.1, -0.05) is 15.9 Å². The quantitative estimate of drug-likeness (QED) is 0.543. The van der Waals surface area contributed by atoms with E-state index in [0.717, 1.165) is 10.0 Å². The SMILES string of the molecule is Oc1ccc(Br)cc1/C=N\n1c(-c2cccnc2)n[nH]c1=S. The van der Waals surface area contributed by atoms with Gasteiger partial charge in [-0.05, 0) is 42.5 Å². The Balaban J connectivity index is 2.03. The van der Waals surface area contributed by atoms with E-state index < -0.39 is 0 Å². The van der Waals surface area contributed by atoms with Crippen LogP contribution in [0, 0.1) is 4.77 Å². The molecule has 0 aliphatic carbocycles.